The maximum absolute atomic E-state index is 15.0. The van der Waals surface area contributed by atoms with Crippen molar-refractivity contribution in [2.75, 3.05) is 5.32 Å². The molecular weight excluding hydrogens is 431 g/mol. The van der Waals surface area contributed by atoms with E-state index in [-0.39, 0.29) is 11.6 Å². The van der Waals surface area contributed by atoms with Gasteiger partial charge in [0.25, 0.3) is 5.91 Å². The van der Waals surface area contributed by atoms with E-state index in [1.165, 1.54) is 24.6 Å². The molecule has 1 aliphatic heterocycles. The molecule has 0 spiro atoms. The predicted octanol–water partition coefficient (Wildman–Crippen LogP) is 5.08. The van der Waals surface area contributed by atoms with E-state index in [1.54, 1.807) is 24.4 Å². The highest BCUT2D eigenvalue weighted by atomic mass is 19.1. The number of benzene rings is 1. The van der Waals surface area contributed by atoms with Crippen molar-refractivity contribution in [1.82, 2.24) is 24.1 Å². The highest BCUT2D eigenvalue weighted by Crippen LogP contribution is 2.42. The number of imidazole rings is 2. The zero-order chi connectivity index (χ0) is 23.4. The molecule has 4 aromatic rings. The molecule has 34 heavy (non-hydrogen) atoms. The van der Waals surface area contributed by atoms with Crippen LogP contribution in [0.1, 0.15) is 66.0 Å². The third kappa shape index (κ3) is 3.50. The van der Waals surface area contributed by atoms with Gasteiger partial charge in [0.2, 0.25) is 0 Å². The van der Waals surface area contributed by atoms with Crippen molar-refractivity contribution in [3.8, 4) is 17.2 Å². The number of carbonyl (C=O) groups excluding carboxylic acids is 1. The predicted molar refractivity (Wildman–Crippen MR) is 127 cm³/mol. The van der Waals surface area contributed by atoms with Crippen molar-refractivity contribution in [2.45, 2.75) is 51.5 Å². The maximum atomic E-state index is 15.0. The number of pyridine rings is 1. The summed E-state index contributed by atoms with van der Waals surface area (Å²) in [5, 5.41) is 2.76. The highest BCUT2D eigenvalue weighted by Gasteiger charge is 2.32. The van der Waals surface area contributed by atoms with E-state index in [9.17, 15) is 9.18 Å². The lowest BCUT2D eigenvalue weighted by Gasteiger charge is -2.21. The first-order valence-electron chi connectivity index (χ1n) is 11.7. The molecule has 0 unspecified atom stereocenters. The number of fused-ring (bicyclic) bond motifs is 3. The van der Waals surface area contributed by atoms with Gasteiger partial charge in [-0.2, -0.15) is 0 Å². The molecule has 1 aromatic carbocycles. The van der Waals surface area contributed by atoms with Gasteiger partial charge in [0, 0.05) is 30.0 Å². The number of amides is 1. The number of aromatic nitrogens is 5. The molecule has 4 heterocycles. The van der Waals surface area contributed by atoms with Crippen LogP contribution in [-0.4, -0.2) is 30.0 Å². The number of aryl methyl sites for hydroxylation is 1. The van der Waals surface area contributed by atoms with Crippen molar-refractivity contribution in [3.05, 3.63) is 77.4 Å². The van der Waals surface area contributed by atoms with Crippen LogP contribution < -0.4 is 5.32 Å². The molecule has 0 atom stereocenters. The Kier molecular flexibility index (Phi) is 4.83. The van der Waals surface area contributed by atoms with Gasteiger partial charge in [0.15, 0.2) is 5.82 Å². The Morgan fingerprint density at radius 2 is 2.03 bits per heavy atom. The summed E-state index contributed by atoms with van der Waals surface area (Å²) in [6, 6.07) is 8.67. The third-order valence-electron chi connectivity index (χ3n) is 6.61. The van der Waals surface area contributed by atoms with Crippen molar-refractivity contribution in [1.29, 1.82) is 0 Å². The Bertz CT molecular complexity index is 1410. The van der Waals surface area contributed by atoms with E-state index in [0.29, 0.717) is 23.3 Å². The lowest BCUT2D eigenvalue weighted by atomic mass is 9.97. The molecule has 172 valence electrons. The van der Waals surface area contributed by atoms with Gasteiger partial charge in [-0.15, -0.1) is 0 Å². The quantitative estimate of drug-likeness (QED) is 0.454. The number of anilines is 1. The number of carbonyl (C=O) groups is 1. The fraction of sp³-hybridized carbons (Fsp3) is 0.308. The summed E-state index contributed by atoms with van der Waals surface area (Å²) in [6.07, 6.45) is 9.37. The Morgan fingerprint density at radius 3 is 2.82 bits per heavy atom. The number of nitrogens with one attached hydrogen (secondary N) is 1. The largest absolute Gasteiger partial charge is 0.327 e. The molecule has 3 aromatic heterocycles. The van der Waals surface area contributed by atoms with E-state index in [2.05, 4.69) is 34.1 Å². The molecular formula is C26H25FN6O. The smallest absolute Gasteiger partial charge is 0.259 e. The number of nitrogens with zero attached hydrogens (tertiary/aromatic N) is 5. The van der Waals surface area contributed by atoms with Crippen LogP contribution in [0, 0.1) is 5.82 Å². The van der Waals surface area contributed by atoms with Crippen LogP contribution in [0.4, 0.5) is 10.2 Å². The minimum atomic E-state index is -0.535. The Labute approximate surface area is 196 Å². The first-order valence-corrected chi connectivity index (χ1v) is 11.7. The molecule has 8 heteroatoms. The fourth-order valence-electron chi connectivity index (χ4n) is 4.74. The van der Waals surface area contributed by atoms with Crippen LogP contribution in [0.5, 0.6) is 0 Å². The van der Waals surface area contributed by atoms with Crippen LogP contribution in [0.3, 0.4) is 0 Å². The molecule has 1 fully saturated rings. The molecule has 7 nitrogen and oxygen atoms in total. The normalized spacial score (nSPS) is 14.7. The molecule has 1 N–H and O–H groups in total. The lowest BCUT2D eigenvalue weighted by molar-refractivity contribution is 0.102. The zero-order valence-corrected chi connectivity index (χ0v) is 19.1. The first-order chi connectivity index (χ1) is 16.5. The average Bonchev–Trinajstić information content (AvgIpc) is 3.37. The summed E-state index contributed by atoms with van der Waals surface area (Å²) >= 11 is 0. The van der Waals surface area contributed by atoms with Crippen molar-refractivity contribution >= 4 is 11.7 Å². The summed E-state index contributed by atoms with van der Waals surface area (Å²) in [5.41, 5.74) is 4.68. The van der Waals surface area contributed by atoms with Gasteiger partial charge in [0.05, 0.1) is 23.3 Å². The van der Waals surface area contributed by atoms with Crippen molar-refractivity contribution in [2.24, 2.45) is 0 Å². The highest BCUT2D eigenvalue weighted by molar-refractivity contribution is 6.04. The standard InChI is InChI=1S/C26H25FN6O/c1-15(2)32-11-10-28-25(32)20-4-3-5-23(30-20)31-26(34)18-13-22-17(12-19(18)27)8-9-21-24(16-6-7-16)29-14-33(21)22/h3-5,10-16H,6-9H2,1-2H3,(H,30,31,34). The summed E-state index contributed by atoms with van der Waals surface area (Å²) in [6.45, 7) is 4.13. The zero-order valence-electron chi connectivity index (χ0n) is 19.1. The summed E-state index contributed by atoms with van der Waals surface area (Å²) in [4.78, 5) is 26.7. The second kappa shape index (κ2) is 7.90. The number of halogens is 1. The third-order valence-corrected chi connectivity index (χ3v) is 6.61. The number of rotatable bonds is 5. The number of hydrogen-bond acceptors (Lipinski definition) is 4. The van der Waals surface area contributed by atoms with Gasteiger partial charge < -0.3 is 14.5 Å². The first kappa shape index (κ1) is 20.8. The van der Waals surface area contributed by atoms with E-state index in [1.807, 2.05) is 27.7 Å². The minimum absolute atomic E-state index is 0.0100. The monoisotopic (exact) mass is 456 g/mol. The second-order valence-corrected chi connectivity index (χ2v) is 9.30. The molecule has 1 aliphatic carbocycles. The Hall–Kier alpha value is -3.81. The SMILES string of the molecule is CC(C)n1ccnc1-c1cccc(NC(=O)c2cc3c(cc2F)CCc2c(C4CC4)ncn2-3)n1. The van der Waals surface area contributed by atoms with Gasteiger partial charge in [-0.3, -0.25) is 4.79 Å². The topological polar surface area (TPSA) is 77.6 Å². The maximum Gasteiger partial charge on any atom is 0.259 e. The Balaban J connectivity index is 1.31. The summed E-state index contributed by atoms with van der Waals surface area (Å²) in [5.74, 6) is 0.536. The van der Waals surface area contributed by atoms with Crippen LogP contribution in [-0.2, 0) is 12.8 Å². The van der Waals surface area contributed by atoms with E-state index in [0.717, 1.165) is 29.8 Å². The molecule has 6 rings (SSSR count). The van der Waals surface area contributed by atoms with E-state index in [4.69, 9.17) is 0 Å². The van der Waals surface area contributed by atoms with Crippen molar-refractivity contribution < 1.29 is 9.18 Å². The minimum Gasteiger partial charge on any atom is -0.327 e. The molecule has 2 aliphatic rings. The van der Waals surface area contributed by atoms with E-state index < -0.39 is 11.7 Å². The van der Waals surface area contributed by atoms with Crippen LogP contribution >= 0.6 is 0 Å². The molecule has 1 amide bonds. The van der Waals surface area contributed by atoms with Crippen LogP contribution in [0.2, 0.25) is 0 Å². The van der Waals surface area contributed by atoms with Crippen LogP contribution in [0.15, 0.2) is 49.1 Å². The number of hydrogen-bond donors (Lipinski definition) is 1. The van der Waals surface area contributed by atoms with Crippen LogP contribution in [0.25, 0.3) is 17.2 Å². The average molecular weight is 457 g/mol. The lowest BCUT2D eigenvalue weighted by Crippen LogP contribution is -2.18. The second-order valence-electron chi connectivity index (χ2n) is 9.30. The van der Waals surface area contributed by atoms with Gasteiger partial charge in [-0.25, -0.2) is 19.3 Å². The molecule has 1 saturated carbocycles. The van der Waals surface area contributed by atoms with Gasteiger partial charge >= 0.3 is 0 Å². The summed E-state index contributed by atoms with van der Waals surface area (Å²) in [7, 11) is 0. The molecule has 0 saturated heterocycles. The van der Waals surface area contributed by atoms with Crippen molar-refractivity contribution in [3.63, 3.8) is 0 Å². The Morgan fingerprint density at radius 1 is 1.18 bits per heavy atom. The molecule has 0 radical (unpaired) electrons. The fourth-order valence-corrected chi connectivity index (χ4v) is 4.74. The van der Waals surface area contributed by atoms with E-state index >= 15 is 0 Å². The molecule has 0 bridgehead atoms. The summed E-state index contributed by atoms with van der Waals surface area (Å²) < 4.78 is 19.0. The van der Waals surface area contributed by atoms with Gasteiger partial charge in [-0.05, 0) is 69.4 Å². The van der Waals surface area contributed by atoms with Gasteiger partial charge in [0.1, 0.15) is 17.3 Å². The van der Waals surface area contributed by atoms with Gasteiger partial charge in [-0.1, -0.05) is 6.07 Å².